The van der Waals surface area contributed by atoms with Crippen molar-refractivity contribution < 1.29 is 10.2 Å². The zero-order chi connectivity index (χ0) is 13.6. The van der Waals surface area contributed by atoms with Crippen LogP contribution in [0.1, 0.15) is 11.1 Å². The molecule has 96 valence electrons. The molecule has 19 heavy (non-hydrogen) atoms. The third-order valence-corrected chi connectivity index (χ3v) is 3.37. The zero-order valence-electron chi connectivity index (χ0n) is 10.7. The molecule has 4 heteroatoms. The van der Waals surface area contributed by atoms with Crippen molar-refractivity contribution in [2.24, 2.45) is 0 Å². The molecule has 4 nitrogen and oxygen atoms in total. The summed E-state index contributed by atoms with van der Waals surface area (Å²) in [5.41, 5.74) is 4.61. The van der Waals surface area contributed by atoms with Gasteiger partial charge in [-0.05, 0) is 49.2 Å². The van der Waals surface area contributed by atoms with Crippen molar-refractivity contribution in [2.75, 3.05) is 0 Å². The Kier molecular flexibility index (Phi) is 2.45. The molecule has 0 bridgehead atoms. The number of phenols is 2. The first-order valence-electron chi connectivity index (χ1n) is 6.04. The van der Waals surface area contributed by atoms with E-state index >= 15 is 0 Å². The van der Waals surface area contributed by atoms with Gasteiger partial charge in [0, 0.05) is 0 Å². The van der Waals surface area contributed by atoms with Crippen LogP contribution in [0.15, 0.2) is 30.3 Å². The topological polar surface area (TPSA) is 69.1 Å². The van der Waals surface area contributed by atoms with Crippen LogP contribution in [-0.2, 0) is 0 Å². The Morgan fingerprint density at radius 3 is 2.58 bits per heavy atom. The van der Waals surface area contributed by atoms with Crippen LogP contribution >= 0.6 is 0 Å². The van der Waals surface area contributed by atoms with Gasteiger partial charge in [-0.3, -0.25) is 0 Å². The molecule has 0 aliphatic rings. The van der Waals surface area contributed by atoms with E-state index in [-0.39, 0.29) is 11.5 Å². The first-order chi connectivity index (χ1) is 9.06. The van der Waals surface area contributed by atoms with Gasteiger partial charge in [0.15, 0.2) is 11.5 Å². The highest BCUT2D eigenvalue weighted by Crippen LogP contribution is 2.35. The normalized spacial score (nSPS) is 11.1. The van der Waals surface area contributed by atoms with Gasteiger partial charge < -0.3 is 15.2 Å². The van der Waals surface area contributed by atoms with Gasteiger partial charge >= 0.3 is 0 Å². The lowest BCUT2D eigenvalue weighted by Crippen LogP contribution is -1.81. The second-order valence-electron chi connectivity index (χ2n) is 4.71. The van der Waals surface area contributed by atoms with Crippen LogP contribution in [0.5, 0.6) is 11.5 Å². The Hall–Kier alpha value is -2.49. The Morgan fingerprint density at radius 1 is 1.05 bits per heavy atom. The predicted octanol–water partition coefficient (Wildman–Crippen LogP) is 3.26. The molecule has 3 N–H and O–H groups in total. The number of aromatic nitrogens is 2. The van der Waals surface area contributed by atoms with E-state index in [1.807, 2.05) is 26.0 Å². The first-order valence-corrected chi connectivity index (χ1v) is 6.04. The summed E-state index contributed by atoms with van der Waals surface area (Å²) in [6.45, 7) is 4.08. The van der Waals surface area contributed by atoms with E-state index in [0.29, 0.717) is 11.4 Å². The van der Waals surface area contributed by atoms with Gasteiger partial charge in [-0.2, -0.15) is 0 Å². The largest absolute Gasteiger partial charge is 0.504 e. The number of phenolic OH excluding ortho intramolecular Hbond substituents is 2. The average Bonchev–Trinajstić information content (AvgIpc) is 2.76. The minimum Gasteiger partial charge on any atom is -0.504 e. The van der Waals surface area contributed by atoms with Gasteiger partial charge in [0.25, 0.3) is 0 Å². The van der Waals surface area contributed by atoms with E-state index in [1.165, 1.54) is 17.2 Å². The van der Waals surface area contributed by atoms with E-state index in [0.717, 1.165) is 11.0 Å². The fourth-order valence-corrected chi connectivity index (χ4v) is 2.12. The van der Waals surface area contributed by atoms with Crippen molar-refractivity contribution in [1.82, 2.24) is 9.97 Å². The lowest BCUT2D eigenvalue weighted by Gasteiger charge is -2.02. The van der Waals surface area contributed by atoms with E-state index in [2.05, 4.69) is 9.97 Å². The Balaban J connectivity index is 2.23. The summed E-state index contributed by atoms with van der Waals surface area (Å²) in [5.74, 6) is 0.244. The summed E-state index contributed by atoms with van der Waals surface area (Å²) < 4.78 is 0. The van der Waals surface area contributed by atoms with Crippen LogP contribution in [0.25, 0.3) is 22.4 Å². The van der Waals surface area contributed by atoms with E-state index < -0.39 is 0 Å². The Morgan fingerprint density at radius 2 is 1.79 bits per heavy atom. The number of H-pyrrole nitrogens is 1. The van der Waals surface area contributed by atoms with Gasteiger partial charge in [-0.1, -0.05) is 6.07 Å². The van der Waals surface area contributed by atoms with E-state index in [1.54, 1.807) is 12.1 Å². The van der Waals surface area contributed by atoms with Crippen LogP contribution in [-0.4, -0.2) is 20.2 Å². The molecule has 0 saturated heterocycles. The number of para-hydroxylation sites is 1. The minimum atomic E-state index is -0.157. The quantitative estimate of drug-likeness (QED) is 0.584. The van der Waals surface area contributed by atoms with Crippen molar-refractivity contribution in [3.8, 4) is 22.9 Å². The summed E-state index contributed by atoms with van der Waals surface area (Å²) in [7, 11) is 0. The molecule has 0 fully saturated rings. The van der Waals surface area contributed by atoms with Crippen molar-refractivity contribution in [3.63, 3.8) is 0 Å². The number of aromatic amines is 1. The highest BCUT2D eigenvalue weighted by Gasteiger charge is 2.12. The van der Waals surface area contributed by atoms with Crippen molar-refractivity contribution in [3.05, 3.63) is 41.5 Å². The summed E-state index contributed by atoms with van der Waals surface area (Å²) in [4.78, 5) is 7.63. The van der Waals surface area contributed by atoms with Crippen LogP contribution in [0.2, 0.25) is 0 Å². The van der Waals surface area contributed by atoms with Crippen LogP contribution in [0.4, 0.5) is 0 Å². The second kappa shape index (κ2) is 4.02. The van der Waals surface area contributed by atoms with Crippen LogP contribution < -0.4 is 0 Å². The smallest absolute Gasteiger partial charge is 0.168 e. The molecule has 0 radical (unpaired) electrons. The molecule has 2 aromatic carbocycles. The molecule has 3 aromatic rings. The molecule has 3 rings (SSSR count). The number of rotatable bonds is 1. The predicted molar refractivity (Wildman–Crippen MR) is 74.3 cm³/mol. The summed E-state index contributed by atoms with van der Waals surface area (Å²) >= 11 is 0. The number of hydrogen-bond donors (Lipinski definition) is 3. The number of hydrogen-bond acceptors (Lipinski definition) is 3. The Bertz CT molecular complexity index is 736. The number of benzene rings is 2. The maximum Gasteiger partial charge on any atom is 0.168 e. The number of fused-ring (bicyclic) bond motifs is 1. The zero-order valence-corrected chi connectivity index (χ0v) is 10.7. The summed E-state index contributed by atoms with van der Waals surface area (Å²) in [6, 6.07) is 8.86. The van der Waals surface area contributed by atoms with E-state index in [9.17, 15) is 10.2 Å². The molecule has 0 amide bonds. The van der Waals surface area contributed by atoms with Gasteiger partial charge in [0.05, 0.1) is 16.6 Å². The van der Waals surface area contributed by atoms with Crippen LogP contribution in [0, 0.1) is 13.8 Å². The van der Waals surface area contributed by atoms with Crippen molar-refractivity contribution in [2.45, 2.75) is 13.8 Å². The highest BCUT2D eigenvalue weighted by molar-refractivity contribution is 5.82. The van der Waals surface area contributed by atoms with Gasteiger partial charge in [-0.15, -0.1) is 0 Å². The minimum absolute atomic E-state index is 0.148. The first kappa shape index (κ1) is 11.6. The van der Waals surface area contributed by atoms with Crippen molar-refractivity contribution >= 4 is 11.0 Å². The lowest BCUT2D eigenvalue weighted by molar-refractivity contribution is 0.405. The Labute approximate surface area is 110 Å². The van der Waals surface area contributed by atoms with Crippen LogP contribution in [0.3, 0.4) is 0 Å². The number of nitrogens with one attached hydrogen (secondary N) is 1. The number of nitrogens with zero attached hydrogens (tertiary/aromatic N) is 1. The van der Waals surface area contributed by atoms with E-state index in [4.69, 9.17) is 0 Å². The SMILES string of the molecule is Cc1cc2nc(-c3cccc(O)c3O)[nH]c2cc1C. The van der Waals surface area contributed by atoms with Gasteiger partial charge in [0.1, 0.15) is 5.82 Å². The number of aryl methyl sites for hydroxylation is 2. The molecule has 0 aliphatic carbocycles. The third kappa shape index (κ3) is 1.81. The monoisotopic (exact) mass is 254 g/mol. The molecular formula is C15H14N2O2. The molecule has 0 saturated carbocycles. The highest BCUT2D eigenvalue weighted by atomic mass is 16.3. The van der Waals surface area contributed by atoms with Crippen molar-refractivity contribution in [1.29, 1.82) is 0 Å². The summed E-state index contributed by atoms with van der Waals surface area (Å²) in [5, 5.41) is 19.4. The molecule has 1 heterocycles. The summed E-state index contributed by atoms with van der Waals surface area (Å²) in [6.07, 6.45) is 0. The maximum absolute atomic E-state index is 9.88. The molecule has 0 aliphatic heterocycles. The molecular weight excluding hydrogens is 240 g/mol. The molecule has 0 spiro atoms. The second-order valence-corrected chi connectivity index (χ2v) is 4.71. The lowest BCUT2D eigenvalue weighted by atomic mass is 10.1. The molecule has 0 atom stereocenters. The maximum atomic E-state index is 9.88. The van der Waals surface area contributed by atoms with Gasteiger partial charge in [-0.25, -0.2) is 4.98 Å². The standard InChI is InChI=1S/C15H14N2O2/c1-8-6-11-12(7-9(8)2)17-15(16-11)10-4-3-5-13(18)14(10)19/h3-7,18-19H,1-2H3,(H,16,17). The molecule has 0 unspecified atom stereocenters. The average molecular weight is 254 g/mol. The number of aromatic hydroxyl groups is 2. The van der Waals surface area contributed by atoms with Gasteiger partial charge in [0.2, 0.25) is 0 Å². The molecule has 1 aromatic heterocycles. The fourth-order valence-electron chi connectivity index (χ4n) is 2.12. The third-order valence-electron chi connectivity index (χ3n) is 3.37. The fraction of sp³-hybridized carbons (Fsp3) is 0.133. The number of imidazole rings is 1.